The van der Waals surface area contributed by atoms with Gasteiger partial charge in [0.25, 0.3) is 0 Å². The first kappa shape index (κ1) is 30.3. The average molecular weight is 602 g/mol. The Balaban J connectivity index is 1.50. The molecule has 2 nitrogen and oxygen atoms in total. The van der Waals surface area contributed by atoms with E-state index >= 15 is 0 Å². The number of ketones is 1. The van der Waals surface area contributed by atoms with Crippen LogP contribution < -0.4 is 0 Å². The molecule has 0 radical (unpaired) electrons. The quantitative estimate of drug-likeness (QED) is 0.194. The standard InChI is InChI=1S/C34H54O2SeSi/c1-24(11-20-32(35)26-13-14-26)30-18-19-31-25(10-9-21-34(30,31)5)12-15-27-22-29(17-16-28(27)23-37-6)36-38(7,8)33(2,3)4/h11-12,15-16,20,24,26,29-31H,9-10,13-14,17-19,21-23H2,1-8H3/b20-11+,25-12+,27-15+/t24?,29-,30+,31-,34+/m0/s1. The summed E-state index contributed by atoms with van der Waals surface area (Å²) in [5, 5.41) is 1.49. The number of carbonyl (C=O) groups excluding carboxylic acids is 1. The van der Waals surface area contributed by atoms with Gasteiger partial charge in [0.2, 0.25) is 0 Å². The first-order valence-electron chi connectivity index (χ1n) is 15.3. The maximum absolute atomic E-state index is 12.3. The SMILES string of the molecule is C[Se]CC1=CC[C@H](O[Si](C)(C)C(C)(C)C)C/C1=C\C=C1/CCC[C@]2(C)[C@@H](C(C)/C=C/C(=O)C3CC3)CC[C@@H]12. The second-order valence-electron chi connectivity index (χ2n) is 14.5. The topological polar surface area (TPSA) is 26.3 Å². The molecule has 212 valence electrons. The molecule has 0 N–H and O–H groups in total. The van der Waals surface area contributed by atoms with E-state index in [9.17, 15) is 4.79 Å². The summed E-state index contributed by atoms with van der Waals surface area (Å²) in [6.07, 6.45) is 22.9. The fourth-order valence-corrected chi connectivity index (χ4v) is 9.92. The molecule has 1 unspecified atom stereocenters. The van der Waals surface area contributed by atoms with Gasteiger partial charge in [0.1, 0.15) is 0 Å². The van der Waals surface area contributed by atoms with E-state index in [1.807, 2.05) is 6.08 Å². The molecule has 0 aliphatic heterocycles. The van der Waals surface area contributed by atoms with E-state index in [0.29, 0.717) is 55.9 Å². The molecule has 5 atom stereocenters. The van der Waals surface area contributed by atoms with Crippen molar-refractivity contribution in [3.05, 3.63) is 47.1 Å². The molecule has 3 fully saturated rings. The number of allylic oxidation sites excluding steroid dienone is 6. The first-order valence-corrected chi connectivity index (χ1v) is 21.2. The van der Waals surface area contributed by atoms with Crippen molar-refractivity contribution in [3.8, 4) is 0 Å². The Morgan fingerprint density at radius 3 is 2.61 bits per heavy atom. The van der Waals surface area contributed by atoms with Crippen LogP contribution in [0.15, 0.2) is 47.1 Å². The Kier molecular flexibility index (Phi) is 9.61. The summed E-state index contributed by atoms with van der Waals surface area (Å²) in [5.41, 5.74) is 5.17. The summed E-state index contributed by atoms with van der Waals surface area (Å²) in [4.78, 5) is 12.3. The van der Waals surface area contributed by atoms with Crippen molar-refractivity contribution >= 4 is 29.1 Å². The van der Waals surface area contributed by atoms with E-state index in [1.165, 1.54) is 43.0 Å². The number of hydrogen-bond acceptors (Lipinski definition) is 2. The second-order valence-corrected chi connectivity index (χ2v) is 21.1. The van der Waals surface area contributed by atoms with Gasteiger partial charge in [0.15, 0.2) is 5.78 Å². The third kappa shape index (κ3) is 6.78. The summed E-state index contributed by atoms with van der Waals surface area (Å²) in [6, 6.07) is 0. The van der Waals surface area contributed by atoms with Crippen LogP contribution in [0.5, 0.6) is 0 Å². The second kappa shape index (κ2) is 12.1. The zero-order chi connectivity index (χ0) is 27.7. The van der Waals surface area contributed by atoms with Crippen LogP contribution in [0.3, 0.4) is 0 Å². The Labute approximate surface area is 241 Å². The summed E-state index contributed by atoms with van der Waals surface area (Å²) in [6.45, 7) is 16.8. The fourth-order valence-electron chi connectivity index (χ4n) is 7.27. The third-order valence-corrected chi connectivity index (χ3v) is 16.6. The Bertz CT molecular complexity index is 992. The molecule has 4 aliphatic rings. The summed E-state index contributed by atoms with van der Waals surface area (Å²) in [5.74, 6) is 4.93. The van der Waals surface area contributed by atoms with Gasteiger partial charge in [-0.1, -0.05) is 0 Å². The summed E-state index contributed by atoms with van der Waals surface area (Å²) in [7, 11) is -1.78. The zero-order valence-corrected chi connectivity index (χ0v) is 28.3. The summed E-state index contributed by atoms with van der Waals surface area (Å²) < 4.78 is 6.88. The van der Waals surface area contributed by atoms with Gasteiger partial charge in [-0.3, -0.25) is 4.79 Å². The van der Waals surface area contributed by atoms with Crippen LogP contribution >= 0.6 is 0 Å². The molecule has 0 heterocycles. The molecule has 0 amide bonds. The van der Waals surface area contributed by atoms with Crippen LogP contribution in [0, 0.1) is 29.1 Å². The van der Waals surface area contributed by atoms with E-state index in [-0.39, 0.29) is 5.04 Å². The molecule has 0 aromatic carbocycles. The van der Waals surface area contributed by atoms with Gasteiger partial charge < -0.3 is 0 Å². The van der Waals surface area contributed by atoms with E-state index in [1.54, 1.807) is 11.1 Å². The van der Waals surface area contributed by atoms with Crippen LogP contribution in [-0.4, -0.2) is 35.2 Å². The van der Waals surface area contributed by atoms with Gasteiger partial charge in [-0.25, -0.2) is 0 Å². The van der Waals surface area contributed by atoms with Crippen LogP contribution in [-0.2, 0) is 9.22 Å². The Morgan fingerprint density at radius 2 is 1.95 bits per heavy atom. The molecule has 0 aromatic rings. The van der Waals surface area contributed by atoms with Crippen LogP contribution in [0.4, 0.5) is 0 Å². The van der Waals surface area contributed by atoms with Crippen LogP contribution in [0.25, 0.3) is 0 Å². The molecule has 38 heavy (non-hydrogen) atoms. The van der Waals surface area contributed by atoms with Gasteiger partial charge in [-0.2, -0.15) is 0 Å². The molecule has 0 aromatic heterocycles. The molecule has 3 saturated carbocycles. The van der Waals surface area contributed by atoms with Crippen molar-refractivity contribution < 1.29 is 9.22 Å². The molecular weight excluding hydrogens is 547 g/mol. The van der Waals surface area contributed by atoms with Crippen LogP contribution in [0.1, 0.15) is 92.4 Å². The molecule has 4 rings (SSSR count). The average Bonchev–Trinajstić information content (AvgIpc) is 3.63. The molecule has 0 spiro atoms. The number of hydrogen-bond donors (Lipinski definition) is 0. The fraction of sp³-hybridized carbons (Fsp3) is 0.735. The maximum atomic E-state index is 12.3. The molecule has 0 bridgehead atoms. The Morgan fingerprint density at radius 1 is 1.21 bits per heavy atom. The van der Waals surface area contributed by atoms with Crippen molar-refractivity contribution in [1.82, 2.24) is 0 Å². The van der Waals surface area contributed by atoms with Crippen molar-refractivity contribution in [2.75, 3.05) is 0 Å². The van der Waals surface area contributed by atoms with Crippen LogP contribution in [0.2, 0.25) is 29.3 Å². The van der Waals surface area contributed by atoms with Crippen molar-refractivity contribution in [1.29, 1.82) is 0 Å². The van der Waals surface area contributed by atoms with Crippen molar-refractivity contribution in [2.24, 2.45) is 29.1 Å². The van der Waals surface area contributed by atoms with Gasteiger partial charge in [-0.15, -0.1) is 0 Å². The predicted molar refractivity (Wildman–Crippen MR) is 166 cm³/mol. The molecule has 4 aliphatic carbocycles. The van der Waals surface area contributed by atoms with Gasteiger partial charge >= 0.3 is 213 Å². The Hall–Kier alpha value is -0.674. The summed E-state index contributed by atoms with van der Waals surface area (Å²) >= 11 is 0.651. The van der Waals surface area contributed by atoms with Crippen molar-refractivity contribution in [3.63, 3.8) is 0 Å². The first-order chi connectivity index (χ1) is 17.9. The van der Waals surface area contributed by atoms with E-state index in [4.69, 9.17) is 4.43 Å². The molecule has 0 saturated heterocycles. The number of carbonyl (C=O) groups is 1. The van der Waals surface area contributed by atoms with Gasteiger partial charge in [0.05, 0.1) is 0 Å². The normalized spacial score (nSPS) is 33.6. The zero-order valence-electron chi connectivity index (χ0n) is 25.6. The third-order valence-electron chi connectivity index (χ3n) is 10.8. The van der Waals surface area contributed by atoms with E-state index < -0.39 is 8.32 Å². The number of fused-ring (bicyclic) bond motifs is 1. The van der Waals surface area contributed by atoms with E-state index in [0.717, 1.165) is 25.7 Å². The van der Waals surface area contributed by atoms with Gasteiger partial charge in [-0.05, 0) is 12.8 Å². The minimum absolute atomic E-state index is 0.248. The number of rotatable bonds is 9. The monoisotopic (exact) mass is 602 g/mol. The van der Waals surface area contributed by atoms with E-state index in [2.05, 4.69) is 77.8 Å². The van der Waals surface area contributed by atoms with Gasteiger partial charge in [0, 0.05) is 5.92 Å². The van der Waals surface area contributed by atoms with Crippen molar-refractivity contribution in [2.45, 2.75) is 128 Å². The molecule has 4 heteroatoms. The molecular formula is C34H54O2SeSi. The minimum atomic E-state index is -1.78. The predicted octanol–water partition coefficient (Wildman–Crippen LogP) is 9.51.